The summed E-state index contributed by atoms with van der Waals surface area (Å²) < 4.78 is 5.18. The van der Waals surface area contributed by atoms with Crippen LogP contribution >= 0.6 is 0 Å². The molecule has 2 atom stereocenters. The predicted molar refractivity (Wildman–Crippen MR) is 102 cm³/mol. The van der Waals surface area contributed by atoms with Crippen molar-refractivity contribution in [3.8, 4) is 11.5 Å². The Hall–Kier alpha value is -2.77. The lowest BCUT2D eigenvalue weighted by molar-refractivity contribution is -0.114. The van der Waals surface area contributed by atoms with Crippen LogP contribution in [0.5, 0.6) is 11.5 Å². The molecule has 7 nitrogen and oxygen atoms in total. The SMILES string of the molecule is CNC1(Cc2ccc(O)cc2)NC(=O)N(C)C1(O)Cc1ccc(OC)cc1. The maximum absolute atomic E-state index is 12.5. The Kier molecular flexibility index (Phi) is 4.99. The van der Waals surface area contributed by atoms with Gasteiger partial charge in [-0.2, -0.15) is 0 Å². The van der Waals surface area contributed by atoms with Crippen LogP contribution in [0.25, 0.3) is 0 Å². The van der Waals surface area contributed by atoms with Crippen LogP contribution in [0.2, 0.25) is 0 Å². The van der Waals surface area contributed by atoms with Crippen LogP contribution in [0.4, 0.5) is 4.79 Å². The molecule has 0 spiro atoms. The van der Waals surface area contributed by atoms with Crippen molar-refractivity contribution in [1.82, 2.24) is 15.5 Å². The molecule has 2 aromatic rings. The summed E-state index contributed by atoms with van der Waals surface area (Å²) in [5.41, 5.74) is -0.876. The zero-order valence-corrected chi connectivity index (χ0v) is 15.7. The van der Waals surface area contributed by atoms with Crippen LogP contribution in [0, 0.1) is 0 Å². The summed E-state index contributed by atoms with van der Waals surface area (Å²) in [6, 6.07) is 13.7. The Labute approximate surface area is 158 Å². The number of methoxy groups -OCH3 is 1. The van der Waals surface area contributed by atoms with Gasteiger partial charge in [0.05, 0.1) is 7.11 Å². The van der Waals surface area contributed by atoms with E-state index in [1.54, 1.807) is 45.5 Å². The van der Waals surface area contributed by atoms with E-state index in [4.69, 9.17) is 4.74 Å². The van der Waals surface area contributed by atoms with Crippen LogP contribution in [0.3, 0.4) is 0 Å². The zero-order chi connectivity index (χ0) is 19.7. The second-order valence-corrected chi connectivity index (χ2v) is 6.83. The maximum Gasteiger partial charge on any atom is 0.321 e. The van der Waals surface area contributed by atoms with E-state index in [9.17, 15) is 15.0 Å². The third-order valence-corrected chi connectivity index (χ3v) is 5.31. The van der Waals surface area contributed by atoms with Crippen molar-refractivity contribution in [3.63, 3.8) is 0 Å². The van der Waals surface area contributed by atoms with E-state index < -0.39 is 11.4 Å². The number of carbonyl (C=O) groups excluding carboxylic acids is 1. The van der Waals surface area contributed by atoms with Crippen LogP contribution in [0.15, 0.2) is 48.5 Å². The summed E-state index contributed by atoms with van der Waals surface area (Å²) in [6.07, 6.45) is 0.567. The number of rotatable bonds is 6. The number of phenolic OH excluding ortho intramolecular Hbond substituents is 1. The molecule has 1 aliphatic rings. The Morgan fingerprint density at radius 3 is 2.19 bits per heavy atom. The van der Waals surface area contributed by atoms with Crippen molar-refractivity contribution in [2.24, 2.45) is 0 Å². The lowest BCUT2D eigenvalue weighted by Crippen LogP contribution is -2.69. The molecule has 144 valence electrons. The Balaban J connectivity index is 1.96. The average molecular weight is 371 g/mol. The molecule has 0 saturated carbocycles. The normalized spacial score (nSPS) is 24.7. The summed E-state index contributed by atoms with van der Waals surface area (Å²) >= 11 is 0. The second kappa shape index (κ2) is 7.09. The molecular weight excluding hydrogens is 346 g/mol. The fourth-order valence-electron chi connectivity index (χ4n) is 3.58. The standard InChI is InChI=1S/C20H25N3O4/c1-21-19(12-14-4-8-16(24)9-5-14)20(26,23(2)18(25)22-19)13-15-6-10-17(27-3)11-7-15/h4-11,21,24,26H,12-13H2,1-3H3,(H,22,25). The lowest BCUT2D eigenvalue weighted by atomic mass is 9.85. The first-order chi connectivity index (χ1) is 12.8. The molecule has 0 aliphatic carbocycles. The number of likely N-dealkylation sites (N-methyl/N-ethyl adjacent to an activating group) is 2. The van der Waals surface area contributed by atoms with Gasteiger partial charge >= 0.3 is 6.03 Å². The number of aliphatic hydroxyl groups is 1. The minimum Gasteiger partial charge on any atom is -0.508 e. The molecule has 3 rings (SSSR count). The van der Waals surface area contributed by atoms with Crippen molar-refractivity contribution in [1.29, 1.82) is 0 Å². The van der Waals surface area contributed by atoms with E-state index in [-0.39, 0.29) is 18.2 Å². The molecule has 1 saturated heterocycles. The number of hydrogen-bond acceptors (Lipinski definition) is 5. The number of carbonyl (C=O) groups is 1. The summed E-state index contributed by atoms with van der Waals surface area (Å²) in [6.45, 7) is 0. The highest BCUT2D eigenvalue weighted by atomic mass is 16.5. The molecule has 1 aliphatic heterocycles. The minimum absolute atomic E-state index is 0.165. The third-order valence-electron chi connectivity index (χ3n) is 5.31. The van der Waals surface area contributed by atoms with Crippen LogP contribution < -0.4 is 15.4 Å². The average Bonchev–Trinajstić information content (AvgIpc) is 2.85. The van der Waals surface area contributed by atoms with Gasteiger partial charge in [-0.25, -0.2) is 4.79 Å². The van der Waals surface area contributed by atoms with Gasteiger partial charge in [-0.05, 0) is 42.4 Å². The van der Waals surface area contributed by atoms with Gasteiger partial charge < -0.3 is 20.3 Å². The predicted octanol–water partition coefficient (Wildman–Crippen LogP) is 1.45. The Bertz CT molecular complexity index is 809. The van der Waals surface area contributed by atoms with Crippen LogP contribution in [0.1, 0.15) is 11.1 Å². The maximum atomic E-state index is 12.5. The van der Waals surface area contributed by atoms with Gasteiger partial charge in [0.25, 0.3) is 0 Å². The summed E-state index contributed by atoms with van der Waals surface area (Å²) in [5, 5.41) is 27.2. The van der Waals surface area contributed by atoms with Gasteiger partial charge in [-0.1, -0.05) is 24.3 Å². The zero-order valence-electron chi connectivity index (χ0n) is 15.7. The van der Waals surface area contributed by atoms with Crippen molar-refractivity contribution in [2.75, 3.05) is 21.2 Å². The highest BCUT2D eigenvalue weighted by molar-refractivity contribution is 5.79. The number of hydrogen-bond donors (Lipinski definition) is 4. The summed E-state index contributed by atoms with van der Waals surface area (Å²) in [5.74, 6) is 0.891. The van der Waals surface area contributed by atoms with E-state index in [1.165, 1.54) is 4.90 Å². The van der Waals surface area contributed by atoms with E-state index >= 15 is 0 Å². The van der Waals surface area contributed by atoms with Crippen molar-refractivity contribution in [3.05, 3.63) is 59.7 Å². The summed E-state index contributed by atoms with van der Waals surface area (Å²) in [7, 11) is 4.88. The first-order valence-electron chi connectivity index (χ1n) is 8.72. The first-order valence-corrected chi connectivity index (χ1v) is 8.72. The van der Waals surface area contributed by atoms with Gasteiger partial charge in [0.1, 0.15) is 17.2 Å². The Morgan fingerprint density at radius 1 is 1.07 bits per heavy atom. The number of benzene rings is 2. The first kappa shape index (κ1) is 19.0. The van der Waals surface area contributed by atoms with E-state index in [2.05, 4.69) is 10.6 Å². The number of phenols is 1. The number of ether oxygens (including phenoxy) is 1. The third kappa shape index (κ3) is 3.31. The molecule has 4 N–H and O–H groups in total. The van der Waals surface area contributed by atoms with E-state index in [0.29, 0.717) is 6.42 Å². The second-order valence-electron chi connectivity index (χ2n) is 6.83. The highest BCUT2D eigenvalue weighted by Gasteiger charge is 2.60. The van der Waals surface area contributed by atoms with Gasteiger partial charge in [-0.15, -0.1) is 0 Å². The molecule has 7 heteroatoms. The largest absolute Gasteiger partial charge is 0.508 e. The number of aromatic hydroxyl groups is 1. The quantitative estimate of drug-likeness (QED) is 0.617. The smallest absolute Gasteiger partial charge is 0.321 e. The van der Waals surface area contributed by atoms with Crippen LogP contribution in [-0.2, 0) is 12.8 Å². The number of nitrogens with zero attached hydrogens (tertiary/aromatic N) is 1. The van der Waals surface area contributed by atoms with Crippen molar-refractivity contribution >= 4 is 6.03 Å². The molecule has 0 bridgehead atoms. The van der Waals surface area contributed by atoms with Gasteiger partial charge in [-0.3, -0.25) is 10.2 Å². The Morgan fingerprint density at radius 2 is 1.63 bits per heavy atom. The molecule has 27 heavy (non-hydrogen) atoms. The van der Waals surface area contributed by atoms with Crippen molar-refractivity contribution in [2.45, 2.75) is 24.2 Å². The van der Waals surface area contributed by atoms with Crippen molar-refractivity contribution < 1.29 is 19.7 Å². The monoisotopic (exact) mass is 371 g/mol. The summed E-state index contributed by atoms with van der Waals surface area (Å²) in [4.78, 5) is 13.8. The molecule has 2 unspecified atom stereocenters. The van der Waals surface area contributed by atoms with Gasteiger partial charge in [0.15, 0.2) is 5.72 Å². The molecule has 0 radical (unpaired) electrons. The van der Waals surface area contributed by atoms with E-state index in [1.807, 2.05) is 24.3 Å². The number of urea groups is 1. The minimum atomic E-state index is -1.51. The van der Waals surface area contributed by atoms with Gasteiger partial charge in [0, 0.05) is 19.9 Å². The molecule has 2 amide bonds. The number of amides is 2. The number of nitrogens with one attached hydrogen (secondary N) is 2. The molecular formula is C20H25N3O4. The molecule has 0 aromatic heterocycles. The molecule has 1 fully saturated rings. The fraction of sp³-hybridized carbons (Fsp3) is 0.350. The highest BCUT2D eigenvalue weighted by Crippen LogP contribution is 2.36. The molecule has 2 aromatic carbocycles. The van der Waals surface area contributed by atoms with E-state index in [0.717, 1.165) is 16.9 Å². The topological polar surface area (TPSA) is 94.1 Å². The molecule has 1 heterocycles. The van der Waals surface area contributed by atoms with Crippen LogP contribution in [-0.4, -0.2) is 53.7 Å². The lowest BCUT2D eigenvalue weighted by Gasteiger charge is -2.43. The van der Waals surface area contributed by atoms with Gasteiger partial charge in [0.2, 0.25) is 0 Å². The fourth-order valence-corrected chi connectivity index (χ4v) is 3.58.